The number of imide groups is 2. The third kappa shape index (κ3) is 3.69. The predicted octanol–water partition coefficient (Wildman–Crippen LogP) is 2.66. The topological polar surface area (TPSA) is 102 Å². The fourth-order valence-electron chi connectivity index (χ4n) is 4.79. The fraction of sp³-hybridized carbons (Fsp3) is 0.455. The Morgan fingerprint density at radius 3 is 2.63 bits per heavy atom. The lowest BCUT2D eigenvalue weighted by molar-refractivity contribution is -0.133. The third-order valence-electron chi connectivity index (χ3n) is 6.00. The highest BCUT2D eigenvalue weighted by Gasteiger charge is 2.49. The number of fused-ring (bicyclic) bond motifs is 2. The van der Waals surface area contributed by atoms with Crippen molar-refractivity contribution >= 4 is 29.9 Å². The minimum Gasteiger partial charge on any atom is -0.490 e. The summed E-state index contributed by atoms with van der Waals surface area (Å²) in [6, 6.07) is 3.96. The second-order valence-electron chi connectivity index (χ2n) is 7.97. The number of hydrogen-bond acceptors (Lipinski definition) is 6. The second-order valence-corrected chi connectivity index (χ2v) is 7.97. The molecule has 4 rings (SSSR count). The highest BCUT2D eigenvalue weighted by atomic mass is 16.6. The molecule has 8 heteroatoms. The summed E-state index contributed by atoms with van der Waals surface area (Å²) >= 11 is 0. The van der Waals surface area contributed by atoms with E-state index in [0.29, 0.717) is 29.8 Å². The molecular weight excluding hydrogens is 388 g/mol. The summed E-state index contributed by atoms with van der Waals surface area (Å²) in [7, 11) is 0. The quantitative estimate of drug-likeness (QED) is 0.345. The van der Waals surface area contributed by atoms with Crippen LogP contribution >= 0.6 is 0 Å². The largest absolute Gasteiger partial charge is 0.490 e. The third-order valence-corrected chi connectivity index (χ3v) is 6.00. The van der Waals surface area contributed by atoms with Crippen molar-refractivity contribution < 1.29 is 28.7 Å². The molecule has 1 saturated heterocycles. The summed E-state index contributed by atoms with van der Waals surface area (Å²) in [6.45, 7) is 3.43. The van der Waals surface area contributed by atoms with E-state index in [1.165, 1.54) is 17.9 Å². The minimum absolute atomic E-state index is 0.0972. The number of urea groups is 1. The van der Waals surface area contributed by atoms with Gasteiger partial charge in [0, 0.05) is 13.0 Å². The standard InChI is InChI=1S/C22H24N2O6/c1-3-29-19-11-14(5-7-18(19)30-12(2)25)9-16-20(26)23-22(28)24(21(16)27)17-10-13-4-6-15(17)8-13/h5,7,9,11,13,15,17H,3-4,6,8,10H2,1-2H3,(H,23,26,28)/b16-9-/t13-,15-,17-/m0/s1. The van der Waals surface area contributed by atoms with E-state index in [4.69, 9.17) is 9.47 Å². The number of esters is 1. The maximum absolute atomic E-state index is 13.1. The lowest BCUT2D eigenvalue weighted by Crippen LogP contribution is -2.58. The molecule has 0 spiro atoms. The number of nitrogens with one attached hydrogen (secondary N) is 1. The molecule has 0 aromatic heterocycles. The maximum atomic E-state index is 13.1. The maximum Gasteiger partial charge on any atom is 0.331 e. The molecule has 3 fully saturated rings. The van der Waals surface area contributed by atoms with Gasteiger partial charge in [0.2, 0.25) is 0 Å². The molecule has 2 aliphatic carbocycles. The number of barbiturate groups is 1. The highest BCUT2D eigenvalue weighted by Crippen LogP contribution is 2.47. The Kier molecular flexibility index (Phi) is 5.32. The summed E-state index contributed by atoms with van der Waals surface area (Å²) in [5, 5.41) is 2.30. The van der Waals surface area contributed by atoms with Gasteiger partial charge in [-0.3, -0.25) is 24.6 Å². The molecule has 1 aromatic rings. The summed E-state index contributed by atoms with van der Waals surface area (Å²) in [5.74, 6) is -0.324. The molecule has 3 aliphatic rings. The molecule has 8 nitrogen and oxygen atoms in total. The van der Waals surface area contributed by atoms with Crippen LogP contribution in [0.25, 0.3) is 6.08 Å². The number of benzene rings is 1. The average Bonchev–Trinajstić information content (AvgIpc) is 3.30. The smallest absolute Gasteiger partial charge is 0.331 e. The van der Waals surface area contributed by atoms with Gasteiger partial charge in [0.25, 0.3) is 11.8 Å². The van der Waals surface area contributed by atoms with Gasteiger partial charge in [-0.2, -0.15) is 0 Å². The van der Waals surface area contributed by atoms with Gasteiger partial charge < -0.3 is 9.47 Å². The van der Waals surface area contributed by atoms with Crippen molar-refractivity contribution in [2.45, 2.75) is 45.6 Å². The summed E-state index contributed by atoms with van der Waals surface area (Å²) < 4.78 is 10.6. The van der Waals surface area contributed by atoms with E-state index in [1.807, 2.05) is 0 Å². The summed E-state index contributed by atoms with van der Waals surface area (Å²) in [5.41, 5.74) is 0.426. The van der Waals surface area contributed by atoms with Gasteiger partial charge in [-0.25, -0.2) is 4.79 Å². The van der Waals surface area contributed by atoms with Crippen molar-refractivity contribution in [2.75, 3.05) is 6.61 Å². The van der Waals surface area contributed by atoms with Crippen molar-refractivity contribution in [3.05, 3.63) is 29.3 Å². The lowest BCUT2D eigenvalue weighted by atomic mass is 9.93. The fourth-order valence-corrected chi connectivity index (χ4v) is 4.79. The monoisotopic (exact) mass is 412 g/mol. The summed E-state index contributed by atoms with van der Waals surface area (Å²) in [4.78, 5) is 50.5. The van der Waals surface area contributed by atoms with Crippen molar-refractivity contribution in [3.8, 4) is 11.5 Å². The first kappa shape index (κ1) is 20.1. The molecule has 1 aromatic carbocycles. The molecule has 0 radical (unpaired) electrons. The Balaban J connectivity index is 1.64. The first-order valence-electron chi connectivity index (χ1n) is 10.2. The predicted molar refractivity (Wildman–Crippen MR) is 107 cm³/mol. The van der Waals surface area contributed by atoms with E-state index < -0.39 is 23.8 Å². The zero-order chi connectivity index (χ0) is 21.4. The molecule has 0 unspecified atom stereocenters. The lowest BCUT2D eigenvalue weighted by Gasteiger charge is -2.35. The van der Waals surface area contributed by atoms with Crippen LogP contribution in [0.15, 0.2) is 23.8 Å². The van der Waals surface area contributed by atoms with Crippen LogP contribution < -0.4 is 14.8 Å². The van der Waals surface area contributed by atoms with Crippen molar-refractivity contribution in [1.82, 2.24) is 10.2 Å². The Morgan fingerprint density at radius 1 is 1.20 bits per heavy atom. The van der Waals surface area contributed by atoms with Gasteiger partial charge in [-0.05, 0) is 61.8 Å². The Hall–Kier alpha value is -3.16. The Morgan fingerprint density at radius 2 is 2.00 bits per heavy atom. The van der Waals surface area contributed by atoms with Gasteiger partial charge in [-0.15, -0.1) is 0 Å². The van der Waals surface area contributed by atoms with E-state index in [2.05, 4.69) is 5.32 Å². The number of nitrogens with zero attached hydrogens (tertiary/aromatic N) is 1. The molecule has 3 atom stereocenters. The number of carbonyl (C=O) groups is 4. The molecule has 158 valence electrons. The number of amides is 4. The van der Waals surface area contributed by atoms with Crippen LogP contribution in [-0.4, -0.2) is 41.4 Å². The van der Waals surface area contributed by atoms with E-state index in [9.17, 15) is 19.2 Å². The van der Waals surface area contributed by atoms with Gasteiger partial charge in [0.1, 0.15) is 5.57 Å². The normalized spacial score (nSPS) is 26.9. The number of rotatable bonds is 5. The van der Waals surface area contributed by atoms with Crippen molar-refractivity contribution in [3.63, 3.8) is 0 Å². The number of ether oxygens (including phenoxy) is 2. The molecular formula is C22H24N2O6. The van der Waals surface area contributed by atoms with Crippen LogP contribution in [0.1, 0.15) is 45.1 Å². The average molecular weight is 412 g/mol. The van der Waals surface area contributed by atoms with Crippen LogP contribution in [-0.2, 0) is 14.4 Å². The molecule has 4 amide bonds. The van der Waals surface area contributed by atoms with Gasteiger partial charge in [-0.1, -0.05) is 12.5 Å². The van der Waals surface area contributed by atoms with E-state index in [-0.39, 0.29) is 17.4 Å². The number of hydrogen-bond donors (Lipinski definition) is 1. The van der Waals surface area contributed by atoms with Crippen molar-refractivity contribution in [1.29, 1.82) is 0 Å². The summed E-state index contributed by atoms with van der Waals surface area (Å²) in [6.07, 6.45) is 5.42. The van der Waals surface area contributed by atoms with Crippen LogP contribution in [0.5, 0.6) is 11.5 Å². The van der Waals surface area contributed by atoms with Crippen LogP contribution in [0.2, 0.25) is 0 Å². The van der Waals surface area contributed by atoms with Crippen LogP contribution in [0, 0.1) is 11.8 Å². The van der Waals surface area contributed by atoms with Gasteiger partial charge in [0.15, 0.2) is 11.5 Å². The zero-order valence-electron chi connectivity index (χ0n) is 17.0. The zero-order valence-corrected chi connectivity index (χ0v) is 17.0. The Labute approximate surface area is 174 Å². The van der Waals surface area contributed by atoms with Crippen LogP contribution in [0.4, 0.5) is 4.79 Å². The van der Waals surface area contributed by atoms with Crippen LogP contribution in [0.3, 0.4) is 0 Å². The minimum atomic E-state index is -0.716. The van der Waals surface area contributed by atoms with E-state index in [0.717, 1.165) is 25.7 Å². The molecule has 1 heterocycles. The number of carbonyl (C=O) groups excluding carboxylic acids is 4. The first-order valence-corrected chi connectivity index (χ1v) is 10.2. The molecule has 30 heavy (non-hydrogen) atoms. The molecule has 2 bridgehead atoms. The van der Waals surface area contributed by atoms with E-state index in [1.54, 1.807) is 25.1 Å². The van der Waals surface area contributed by atoms with Gasteiger partial charge >= 0.3 is 12.0 Å². The Bertz CT molecular complexity index is 953. The molecule has 1 N–H and O–H groups in total. The highest BCUT2D eigenvalue weighted by molar-refractivity contribution is 6.31. The van der Waals surface area contributed by atoms with E-state index >= 15 is 0 Å². The SMILES string of the molecule is CCOc1cc(/C=C2/C(=O)NC(=O)N([C@H]3C[C@H]4CC[C@H]3C4)C2=O)ccc1OC(C)=O. The molecule has 2 saturated carbocycles. The van der Waals surface area contributed by atoms with Crippen molar-refractivity contribution in [2.24, 2.45) is 11.8 Å². The second kappa shape index (κ2) is 7.93. The first-order chi connectivity index (χ1) is 14.4. The molecule has 1 aliphatic heterocycles. The van der Waals surface area contributed by atoms with Gasteiger partial charge in [0.05, 0.1) is 6.61 Å².